The molecule has 5 heteroatoms. The third-order valence-corrected chi connectivity index (χ3v) is 5.54. The van der Waals surface area contributed by atoms with Crippen molar-refractivity contribution in [1.29, 1.82) is 0 Å². The highest BCUT2D eigenvalue weighted by molar-refractivity contribution is 9.10. The highest BCUT2D eigenvalue weighted by Crippen LogP contribution is 2.22. The molecule has 0 atom stereocenters. The molecule has 0 saturated carbocycles. The van der Waals surface area contributed by atoms with Crippen LogP contribution in [0, 0.1) is 5.92 Å². The van der Waals surface area contributed by atoms with Gasteiger partial charge in [-0.05, 0) is 25.0 Å². The lowest BCUT2D eigenvalue weighted by Crippen LogP contribution is -2.40. The van der Waals surface area contributed by atoms with Gasteiger partial charge >= 0.3 is 0 Å². The van der Waals surface area contributed by atoms with Gasteiger partial charge in [0.2, 0.25) is 5.91 Å². The summed E-state index contributed by atoms with van der Waals surface area (Å²) < 4.78 is 0.919. The second kappa shape index (κ2) is 9.09. The van der Waals surface area contributed by atoms with E-state index in [1.165, 1.54) is 0 Å². The first kappa shape index (κ1) is 19.5. The van der Waals surface area contributed by atoms with Crippen molar-refractivity contribution in [3.05, 3.63) is 70.2 Å². The average molecular weight is 428 g/mol. The second-order valence-electron chi connectivity index (χ2n) is 6.82. The summed E-state index contributed by atoms with van der Waals surface area (Å²) >= 11 is 3.34. The zero-order chi connectivity index (χ0) is 19.2. The quantitative estimate of drug-likeness (QED) is 0.636. The lowest BCUT2D eigenvalue weighted by atomic mass is 9.89. The Hall–Kier alpha value is -2.27. The molecule has 1 amide bonds. The molecule has 0 unspecified atom stereocenters. The van der Waals surface area contributed by atoms with E-state index in [1.54, 1.807) is 17.0 Å². The van der Waals surface area contributed by atoms with E-state index in [9.17, 15) is 14.4 Å². The summed E-state index contributed by atoms with van der Waals surface area (Å²) in [6.45, 7) is 1.16. The van der Waals surface area contributed by atoms with Gasteiger partial charge in [0, 0.05) is 47.4 Å². The number of hydrogen-bond acceptors (Lipinski definition) is 3. The van der Waals surface area contributed by atoms with Crippen LogP contribution in [0.5, 0.6) is 0 Å². The van der Waals surface area contributed by atoms with Crippen LogP contribution in [-0.4, -0.2) is 35.5 Å². The normalized spacial score (nSPS) is 14.8. The van der Waals surface area contributed by atoms with Gasteiger partial charge in [-0.25, -0.2) is 0 Å². The fraction of sp³-hybridized carbons (Fsp3) is 0.318. The number of halogens is 1. The monoisotopic (exact) mass is 427 g/mol. The van der Waals surface area contributed by atoms with Gasteiger partial charge in [0.1, 0.15) is 0 Å². The predicted octanol–water partition coefficient (Wildman–Crippen LogP) is 4.53. The maximum Gasteiger partial charge on any atom is 0.223 e. The zero-order valence-electron chi connectivity index (χ0n) is 15.1. The Bertz CT molecular complexity index is 809. The molecule has 1 fully saturated rings. The van der Waals surface area contributed by atoms with E-state index >= 15 is 0 Å². The Morgan fingerprint density at radius 2 is 1.48 bits per heavy atom. The minimum Gasteiger partial charge on any atom is -0.343 e. The first-order chi connectivity index (χ1) is 13.0. The van der Waals surface area contributed by atoms with E-state index in [2.05, 4.69) is 15.9 Å². The van der Waals surface area contributed by atoms with E-state index in [1.807, 2.05) is 42.5 Å². The highest BCUT2D eigenvalue weighted by atomic mass is 79.9. The van der Waals surface area contributed by atoms with E-state index in [-0.39, 0.29) is 36.2 Å². The first-order valence-corrected chi connectivity index (χ1v) is 9.99. The Balaban J connectivity index is 1.46. The molecule has 4 nitrogen and oxygen atoms in total. The number of hydrogen-bond donors (Lipinski definition) is 0. The number of ketones is 2. The number of piperidine rings is 1. The van der Waals surface area contributed by atoms with Crippen LogP contribution in [0.1, 0.15) is 46.4 Å². The second-order valence-corrected chi connectivity index (χ2v) is 7.73. The molecular weight excluding hydrogens is 406 g/mol. The minimum absolute atomic E-state index is 0.00827. The van der Waals surface area contributed by atoms with E-state index in [4.69, 9.17) is 0 Å². The third kappa shape index (κ3) is 5.13. The third-order valence-electron chi connectivity index (χ3n) is 5.01. The van der Waals surface area contributed by atoms with Gasteiger partial charge in [-0.1, -0.05) is 58.4 Å². The molecule has 0 N–H and O–H groups in total. The number of carbonyl (C=O) groups is 3. The minimum atomic E-state index is -0.0270. The Kier molecular flexibility index (Phi) is 6.56. The molecule has 2 aromatic rings. The lowest BCUT2D eigenvalue weighted by Gasteiger charge is -2.31. The van der Waals surface area contributed by atoms with Crippen LogP contribution in [0.4, 0.5) is 0 Å². The standard InChI is InChI=1S/C22H22BrNO3/c23-19-8-6-16(7-9-19)20(25)10-11-21(26)24-14-12-18(13-15-24)22(27)17-4-2-1-3-5-17/h1-9,18H,10-15H2. The molecule has 1 heterocycles. The summed E-state index contributed by atoms with van der Waals surface area (Å²) in [7, 11) is 0. The number of Topliss-reactive ketones (excluding diaryl/α,β-unsaturated/α-hetero) is 2. The summed E-state index contributed by atoms with van der Waals surface area (Å²) in [5.41, 5.74) is 1.36. The van der Waals surface area contributed by atoms with Crippen LogP contribution in [0.15, 0.2) is 59.1 Å². The van der Waals surface area contributed by atoms with Crippen molar-refractivity contribution in [3.63, 3.8) is 0 Å². The van der Waals surface area contributed by atoms with Crippen molar-refractivity contribution in [3.8, 4) is 0 Å². The highest BCUT2D eigenvalue weighted by Gasteiger charge is 2.27. The van der Waals surface area contributed by atoms with Crippen molar-refractivity contribution in [1.82, 2.24) is 4.90 Å². The lowest BCUT2D eigenvalue weighted by molar-refractivity contribution is -0.132. The summed E-state index contributed by atoms with van der Waals surface area (Å²) in [4.78, 5) is 38.9. The number of likely N-dealkylation sites (tertiary alicyclic amines) is 1. The first-order valence-electron chi connectivity index (χ1n) is 9.20. The summed E-state index contributed by atoms with van der Waals surface area (Å²) in [6, 6.07) is 16.5. The topological polar surface area (TPSA) is 54.5 Å². The molecule has 140 valence electrons. The van der Waals surface area contributed by atoms with Gasteiger partial charge < -0.3 is 4.90 Å². The van der Waals surface area contributed by atoms with Crippen molar-refractivity contribution in [2.45, 2.75) is 25.7 Å². The molecule has 1 aliphatic rings. The summed E-state index contributed by atoms with van der Waals surface area (Å²) in [5, 5.41) is 0. The number of carbonyl (C=O) groups excluding carboxylic acids is 3. The molecule has 3 rings (SSSR count). The van der Waals surface area contributed by atoms with Crippen LogP contribution in [0.3, 0.4) is 0 Å². The summed E-state index contributed by atoms with van der Waals surface area (Å²) in [5.74, 6) is 0.102. The van der Waals surface area contributed by atoms with Gasteiger partial charge in [-0.15, -0.1) is 0 Å². The smallest absolute Gasteiger partial charge is 0.223 e. The molecule has 2 aromatic carbocycles. The number of benzene rings is 2. The number of nitrogens with zero attached hydrogens (tertiary/aromatic N) is 1. The van der Waals surface area contributed by atoms with Crippen molar-refractivity contribution >= 4 is 33.4 Å². The van der Waals surface area contributed by atoms with Gasteiger partial charge in [0.15, 0.2) is 11.6 Å². The Morgan fingerprint density at radius 1 is 0.852 bits per heavy atom. The van der Waals surface area contributed by atoms with E-state index < -0.39 is 0 Å². The zero-order valence-corrected chi connectivity index (χ0v) is 16.7. The number of rotatable bonds is 6. The maximum atomic E-state index is 12.5. The van der Waals surface area contributed by atoms with Gasteiger partial charge in [0.25, 0.3) is 0 Å². The van der Waals surface area contributed by atoms with Crippen LogP contribution in [-0.2, 0) is 4.79 Å². The van der Waals surface area contributed by atoms with E-state index in [0.29, 0.717) is 31.5 Å². The SMILES string of the molecule is O=C(CCC(=O)N1CCC(C(=O)c2ccccc2)CC1)c1ccc(Br)cc1. The van der Waals surface area contributed by atoms with Gasteiger partial charge in [-0.3, -0.25) is 14.4 Å². The van der Waals surface area contributed by atoms with Crippen LogP contribution in [0.25, 0.3) is 0 Å². The Morgan fingerprint density at radius 3 is 2.11 bits per heavy atom. The van der Waals surface area contributed by atoms with Crippen LogP contribution >= 0.6 is 15.9 Å². The van der Waals surface area contributed by atoms with Gasteiger partial charge in [0.05, 0.1) is 0 Å². The molecule has 0 spiro atoms. The molecule has 0 aromatic heterocycles. The average Bonchev–Trinajstić information content (AvgIpc) is 2.72. The van der Waals surface area contributed by atoms with Crippen molar-refractivity contribution in [2.24, 2.45) is 5.92 Å². The van der Waals surface area contributed by atoms with Crippen molar-refractivity contribution in [2.75, 3.05) is 13.1 Å². The van der Waals surface area contributed by atoms with E-state index in [0.717, 1.165) is 10.0 Å². The Labute approximate surface area is 167 Å². The molecule has 0 bridgehead atoms. The number of amides is 1. The van der Waals surface area contributed by atoms with Crippen LogP contribution < -0.4 is 0 Å². The largest absolute Gasteiger partial charge is 0.343 e. The van der Waals surface area contributed by atoms with Crippen molar-refractivity contribution < 1.29 is 14.4 Å². The fourth-order valence-corrected chi connectivity index (χ4v) is 3.65. The molecule has 27 heavy (non-hydrogen) atoms. The summed E-state index contributed by atoms with van der Waals surface area (Å²) in [6.07, 6.45) is 1.79. The fourth-order valence-electron chi connectivity index (χ4n) is 3.39. The molecule has 1 aliphatic heterocycles. The van der Waals surface area contributed by atoms with Gasteiger partial charge in [-0.2, -0.15) is 0 Å². The molecule has 1 saturated heterocycles. The maximum absolute atomic E-state index is 12.5. The molecule has 0 aliphatic carbocycles. The molecule has 0 radical (unpaired) electrons. The molecular formula is C22H22BrNO3. The predicted molar refractivity (Wildman–Crippen MR) is 108 cm³/mol. The van der Waals surface area contributed by atoms with Crippen LogP contribution in [0.2, 0.25) is 0 Å².